The highest BCUT2D eigenvalue weighted by Crippen LogP contribution is 2.15. The molecule has 0 saturated carbocycles. The minimum atomic E-state index is -0.155. The molecule has 0 bridgehead atoms. The molecule has 1 aromatic rings. The highest BCUT2D eigenvalue weighted by atomic mass is 79.9. The molecule has 0 aromatic heterocycles. The summed E-state index contributed by atoms with van der Waals surface area (Å²) in [7, 11) is 0. The van der Waals surface area contributed by atoms with Gasteiger partial charge in [0.05, 0.1) is 0 Å². The van der Waals surface area contributed by atoms with Crippen LogP contribution in [0.4, 0.5) is 5.69 Å². The van der Waals surface area contributed by atoms with E-state index in [9.17, 15) is 4.79 Å². The Hall–Kier alpha value is -1.09. The number of halogens is 1. The van der Waals surface area contributed by atoms with Crippen molar-refractivity contribution in [2.45, 2.75) is 6.92 Å². The minimum absolute atomic E-state index is 0.155. The van der Waals surface area contributed by atoms with E-state index in [0.29, 0.717) is 5.57 Å². The van der Waals surface area contributed by atoms with Gasteiger partial charge < -0.3 is 5.32 Å². The van der Waals surface area contributed by atoms with E-state index in [1.165, 1.54) is 0 Å². The Labute approximate surface area is 85.8 Å². The fraction of sp³-hybridized carbons (Fsp3) is 0.100. The number of carbonyl (C=O) groups excluding carboxylic acids is 1. The van der Waals surface area contributed by atoms with Crippen LogP contribution in [0.2, 0.25) is 0 Å². The molecule has 0 unspecified atom stereocenters. The number of nitrogens with one attached hydrogen (secondary N) is 1. The fourth-order valence-corrected chi connectivity index (χ4v) is 1.20. The summed E-state index contributed by atoms with van der Waals surface area (Å²) in [5, 5.41) is 2.71. The summed E-state index contributed by atoms with van der Waals surface area (Å²) < 4.78 is 0.937. The molecule has 3 heteroatoms. The molecule has 0 aliphatic heterocycles. The zero-order valence-electron chi connectivity index (χ0n) is 7.30. The van der Waals surface area contributed by atoms with E-state index in [0.717, 1.165) is 10.2 Å². The minimum Gasteiger partial charge on any atom is -0.322 e. The predicted molar refractivity (Wildman–Crippen MR) is 57.6 cm³/mol. The van der Waals surface area contributed by atoms with Crippen LogP contribution in [0.1, 0.15) is 6.92 Å². The van der Waals surface area contributed by atoms with E-state index in [-0.39, 0.29) is 5.91 Å². The van der Waals surface area contributed by atoms with Gasteiger partial charge in [0.25, 0.3) is 5.91 Å². The van der Waals surface area contributed by atoms with Gasteiger partial charge in [-0.1, -0.05) is 28.6 Å². The smallest absolute Gasteiger partial charge is 0.250 e. The van der Waals surface area contributed by atoms with Crippen molar-refractivity contribution < 1.29 is 4.79 Å². The van der Waals surface area contributed by atoms with Crippen LogP contribution >= 0.6 is 15.9 Å². The van der Waals surface area contributed by atoms with E-state index >= 15 is 0 Å². The summed E-state index contributed by atoms with van der Waals surface area (Å²) in [6.07, 6.45) is 0. The molecule has 0 aliphatic carbocycles. The van der Waals surface area contributed by atoms with Gasteiger partial charge in [0.2, 0.25) is 0 Å². The fourth-order valence-electron chi connectivity index (χ4n) is 0.804. The quantitative estimate of drug-likeness (QED) is 0.791. The Bertz CT molecular complexity index is 347. The first-order valence-electron chi connectivity index (χ1n) is 3.82. The standard InChI is InChI=1S/C10H10BrNO/c1-7(2)10(13)12-9-5-3-4-8(11)6-9/h3-6H,1H2,2H3,(H,12,13). The Balaban J connectivity index is 2.75. The first-order valence-corrected chi connectivity index (χ1v) is 4.61. The van der Waals surface area contributed by atoms with Crippen LogP contribution in [-0.2, 0) is 4.79 Å². The molecule has 0 aliphatic rings. The van der Waals surface area contributed by atoms with E-state index in [2.05, 4.69) is 27.8 Å². The second kappa shape index (κ2) is 4.23. The van der Waals surface area contributed by atoms with Gasteiger partial charge >= 0.3 is 0 Å². The maximum atomic E-state index is 11.2. The van der Waals surface area contributed by atoms with Crippen LogP contribution in [0.5, 0.6) is 0 Å². The zero-order chi connectivity index (χ0) is 9.84. The van der Waals surface area contributed by atoms with Crippen LogP contribution in [0.3, 0.4) is 0 Å². The van der Waals surface area contributed by atoms with Crippen molar-refractivity contribution in [3.05, 3.63) is 40.9 Å². The summed E-state index contributed by atoms with van der Waals surface area (Å²) in [4.78, 5) is 11.2. The zero-order valence-corrected chi connectivity index (χ0v) is 8.89. The number of benzene rings is 1. The Morgan fingerprint density at radius 2 is 2.23 bits per heavy atom. The molecule has 0 spiro atoms. The number of hydrogen-bond donors (Lipinski definition) is 1. The third-order valence-electron chi connectivity index (χ3n) is 1.47. The lowest BCUT2D eigenvalue weighted by Crippen LogP contribution is -2.11. The van der Waals surface area contributed by atoms with E-state index in [1.54, 1.807) is 6.92 Å². The van der Waals surface area contributed by atoms with E-state index in [1.807, 2.05) is 24.3 Å². The highest BCUT2D eigenvalue weighted by molar-refractivity contribution is 9.10. The number of carbonyl (C=O) groups is 1. The lowest BCUT2D eigenvalue weighted by atomic mass is 10.3. The second-order valence-electron chi connectivity index (χ2n) is 2.74. The van der Waals surface area contributed by atoms with Gasteiger partial charge in [0.15, 0.2) is 0 Å². The van der Waals surface area contributed by atoms with Crippen LogP contribution < -0.4 is 5.32 Å². The van der Waals surface area contributed by atoms with Crippen LogP contribution in [0.15, 0.2) is 40.9 Å². The lowest BCUT2D eigenvalue weighted by molar-refractivity contribution is -0.112. The molecule has 13 heavy (non-hydrogen) atoms. The Kier molecular flexibility index (Phi) is 3.25. The first-order chi connectivity index (χ1) is 6.09. The molecule has 1 aromatic carbocycles. The van der Waals surface area contributed by atoms with Crippen molar-refractivity contribution in [3.63, 3.8) is 0 Å². The molecule has 1 amide bonds. The van der Waals surface area contributed by atoms with Crippen molar-refractivity contribution in [2.24, 2.45) is 0 Å². The van der Waals surface area contributed by atoms with Gasteiger partial charge in [0, 0.05) is 15.7 Å². The Morgan fingerprint density at radius 1 is 1.54 bits per heavy atom. The normalized spacial score (nSPS) is 9.38. The van der Waals surface area contributed by atoms with Crippen molar-refractivity contribution in [3.8, 4) is 0 Å². The average Bonchev–Trinajstić information content (AvgIpc) is 2.04. The molecule has 0 saturated heterocycles. The molecule has 1 rings (SSSR count). The molecular weight excluding hydrogens is 230 g/mol. The monoisotopic (exact) mass is 239 g/mol. The highest BCUT2D eigenvalue weighted by Gasteiger charge is 2.01. The van der Waals surface area contributed by atoms with Crippen molar-refractivity contribution >= 4 is 27.5 Å². The van der Waals surface area contributed by atoms with Crippen LogP contribution in [0, 0.1) is 0 Å². The number of hydrogen-bond acceptors (Lipinski definition) is 1. The first kappa shape index (κ1) is 9.99. The van der Waals surface area contributed by atoms with Gasteiger partial charge in [0.1, 0.15) is 0 Å². The largest absolute Gasteiger partial charge is 0.322 e. The number of rotatable bonds is 2. The van der Waals surface area contributed by atoms with Gasteiger partial charge in [-0.3, -0.25) is 4.79 Å². The maximum absolute atomic E-state index is 11.2. The Morgan fingerprint density at radius 3 is 2.77 bits per heavy atom. The van der Waals surface area contributed by atoms with Gasteiger partial charge in [-0.05, 0) is 25.1 Å². The van der Waals surface area contributed by atoms with Gasteiger partial charge in [-0.15, -0.1) is 0 Å². The summed E-state index contributed by atoms with van der Waals surface area (Å²) in [6.45, 7) is 5.22. The lowest BCUT2D eigenvalue weighted by Gasteiger charge is -2.04. The van der Waals surface area contributed by atoms with Crippen molar-refractivity contribution in [2.75, 3.05) is 5.32 Å². The topological polar surface area (TPSA) is 29.1 Å². The van der Waals surface area contributed by atoms with E-state index < -0.39 is 0 Å². The second-order valence-corrected chi connectivity index (χ2v) is 3.66. The molecule has 0 radical (unpaired) electrons. The molecule has 0 heterocycles. The summed E-state index contributed by atoms with van der Waals surface area (Å²) in [6, 6.07) is 7.42. The number of anilines is 1. The number of amides is 1. The molecule has 1 N–H and O–H groups in total. The van der Waals surface area contributed by atoms with Crippen molar-refractivity contribution in [1.82, 2.24) is 0 Å². The van der Waals surface area contributed by atoms with E-state index in [4.69, 9.17) is 0 Å². The van der Waals surface area contributed by atoms with Crippen LogP contribution in [0.25, 0.3) is 0 Å². The summed E-state index contributed by atoms with van der Waals surface area (Å²) in [5.74, 6) is -0.155. The van der Waals surface area contributed by atoms with Crippen LogP contribution in [-0.4, -0.2) is 5.91 Å². The molecular formula is C10H10BrNO. The maximum Gasteiger partial charge on any atom is 0.250 e. The summed E-state index contributed by atoms with van der Waals surface area (Å²) in [5.41, 5.74) is 1.27. The molecule has 0 fully saturated rings. The van der Waals surface area contributed by atoms with Gasteiger partial charge in [-0.2, -0.15) is 0 Å². The molecule has 68 valence electrons. The molecule has 2 nitrogen and oxygen atoms in total. The average molecular weight is 240 g/mol. The third kappa shape index (κ3) is 3.03. The third-order valence-corrected chi connectivity index (χ3v) is 1.96. The van der Waals surface area contributed by atoms with Gasteiger partial charge in [-0.25, -0.2) is 0 Å². The predicted octanol–water partition coefficient (Wildman–Crippen LogP) is 2.96. The molecule has 0 atom stereocenters. The van der Waals surface area contributed by atoms with Crippen molar-refractivity contribution in [1.29, 1.82) is 0 Å². The SMILES string of the molecule is C=C(C)C(=O)Nc1cccc(Br)c1. The summed E-state index contributed by atoms with van der Waals surface area (Å²) >= 11 is 3.32.